The maximum absolute atomic E-state index is 11.6. The molecule has 1 aliphatic heterocycles. The Morgan fingerprint density at radius 2 is 2.15 bits per heavy atom. The minimum Gasteiger partial charge on any atom is -0.459 e. The summed E-state index contributed by atoms with van der Waals surface area (Å²) in [5.74, 6) is 6.95. The van der Waals surface area contributed by atoms with Crippen LogP contribution in [0.1, 0.15) is 48.2 Å². The van der Waals surface area contributed by atoms with Crippen LogP contribution in [0.4, 0.5) is 0 Å². The van der Waals surface area contributed by atoms with Crippen LogP contribution in [0.5, 0.6) is 0 Å². The number of amides is 1. The second-order valence-corrected chi connectivity index (χ2v) is 6.08. The van der Waals surface area contributed by atoms with Gasteiger partial charge in [0.2, 0.25) is 0 Å². The van der Waals surface area contributed by atoms with Gasteiger partial charge < -0.3 is 4.42 Å². The van der Waals surface area contributed by atoms with E-state index in [9.17, 15) is 4.79 Å². The number of carbonyl (C=O) groups excluding carboxylic acids is 1. The number of hydrogen-bond donors (Lipinski definition) is 2. The van der Waals surface area contributed by atoms with Crippen molar-refractivity contribution in [3.05, 3.63) is 23.7 Å². The van der Waals surface area contributed by atoms with Crippen molar-refractivity contribution >= 4 is 5.91 Å². The smallest absolute Gasteiger partial charge is 0.301 e. The fourth-order valence-corrected chi connectivity index (χ4v) is 3.79. The number of nitrogens with one attached hydrogen (secondary N) is 1. The van der Waals surface area contributed by atoms with Crippen molar-refractivity contribution in [2.45, 2.75) is 38.6 Å². The van der Waals surface area contributed by atoms with Crippen molar-refractivity contribution in [2.75, 3.05) is 13.1 Å². The summed E-state index contributed by atoms with van der Waals surface area (Å²) < 4.78 is 5.25. The van der Waals surface area contributed by atoms with Gasteiger partial charge in [-0.05, 0) is 37.3 Å². The van der Waals surface area contributed by atoms with Crippen LogP contribution in [-0.2, 0) is 6.54 Å². The molecule has 110 valence electrons. The van der Waals surface area contributed by atoms with E-state index in [4.69, 9.17) is 10.3 Å². The lowest BCUT2D eigenvalue weighted by atomic mass is 9.75. The Labute approximate surface area is 119 Å². The van der Waals surface area contributed by atoms with Gasteiger partial charge in [0, 0.05) is 18.7 Å². The number of hydrogen-bond acceptors (Lipinski definition) is 4. The van der Waals surface area contributed by atoms with Gasteiger partial charge in [-0.25, -0.2) is 5.84 Å². The van der Waals surface area contributed by atoms with E-state index in [0.717, 1.165) is 37.0 Å². The molecule has 2 aliphatic rings. The van der Waals surface area contributed by atoms with Gasteiger partial charge in [-0.1, -0.05) is 19.3 Å². The molecule has 2 atom stereocenters. The monoisotopic (exact) mass is 277 g/mol. The van der Waals surface area contributed by atoms with Gasteiger partial charge in [-0.3, -0.25) is 15.1 Å². The summed E-state index contributed by atoms with van der Waals surface area (Å²) in [5, 5.41) is 0. The Balaban J connectivity index is 1.64. The van der Waals surface area contributed by atoms with Crippen LogP contribution in [0.2, 0.25) is 0 Å². The molecule has 0 spiro atoms. The molecule has 0 bridgehead atoms. The summed E-state index contributed by atoms with van der Waals surface area (Å²) >= 11 is 0. The normalized spacial score (nSPS) is 27.1. The quantitative estimate of drug-likeness (QED) is 0.503. The molecule has 20 heavy (non-hydrogen) atoms. The van der Waals surface area contributed by atoms with Gasteiger partial charge in [-0.15, -0.1) is 0 Å². The summed E-state index contributed by atoms with van der Waals surface area (Å²) in [6, 6.07) is 1.87. The van der Waals surface area contributed by atoms with Gasteiger partial charge in [0.1, 0.15) is 0 Å². The molecule has 1 aliphatic carbocycles. The van der Waals surface area contributed by atoms with Crippen molar-refractivity contribution in [1.29, 1.82) is 0 Å². The van der Waals surface area contributed by atoms with E-state index in [1.54, 1.807) is 6.26 Å². The van der Waals surface area contributed by atoms with Gasteiger partial charge in [0.05, 0.1) is 6.26 Å². The molecule has 2 fully saturated rings. The molecular weight excluding hydrogens is 254 g/mol. The lowest BCUT2D eigenvalue weighted by Crippen LogP contribution is -2.41. The number of furan rings is 1. The molecule has 1 saturated carbocycles. The molecule has 5 nitrogen and oxygen atoms in total. The number of nitrogen functional groups attached to an aromatic ring is 1. The number of nitrogens with zero attached hydrogens (tertiary/aromatic N) is 1. The first-order valence-corrected chi connectivity index (χ1v) is 7.57. The third-order valence-electron chi connectivity index (χ3n) is 4.85. The topological polar surface area (TPSA) is 71.5 Å². The molecule has 1 saturated heterocycles. The zero-order valence-electron chi connectivity index (χ0n) is 11.8. The van der Waals surface area contributed by atoms with Crippen LogP contribution in [0.25, 0.3) is 0 Å². The average Bonchev–Trinajstić information content (AvgIpc) is 2.94. The number of hydrazine groups is 1. The third-order valence-corrected chi connectivity index (χ3v) is 4.85. The van der Waals surface area contributed by atoms with E-state index in [1.807, 2.05) is 6.07 Å². The number of carbonyl (C=O) groups is 1. The molecule has 1 aromatic rings. The first-order chi connectivity index (χ1) is 9.78. The molecule has 3 rings (SSSR count). The lowest BCUT2D eigenvalue weighted by Gasteiger charge is -2.41. The predicted molar refractivity (Wildman–Crippen MR) is 75.7 cm³/mol. The summed E-state index contributed by atoms with van der Waals surface area (Å²) in [7, 11) is 0. The highest BCUT2D eigenvalue weighted by atomic mass is 16.3. The van der Waals surface area contributed by atoms with E-state index < -0.39 is 0 Å². The van der Waals surface area contributed by atoms with E-state index in [1.165, 1.54) is 32.1 Å². The minimum absolute atomic E-state index is 0.346. The van der Waals surface area contributed by atoms with Crippen LogP contribution in [-0.4, -0.2) is 23.9 Å². The van der Waals surface area contributed by atoms with Gasteiger partial charge in [0.25, 0.3) is 0 Å². The average molecular weight is 277 g/mol. The molecule has 3 N–H and O–H groups in total. The molecule has 1 aromatic heterocycles. The number of fused-ring (bicyclic) bond motifs is 1. The zero-order valence-corrected chi connectivity index (χ0v) is 11.8. The fourth-order valence-electron chi connectivity index (χ4n) is 3.79. The maximum Gasteiger partial charge on any atom is 0.301 e. The first-order valence-electron chi connectivity index (χ1n) is 7.57. The van der Waals surface area contributed by atoms with Crippen molar-refractivity contribution in [3.63, 3.8) is 0 Å². The Hall–Kier alpha value is -1.33. The van der Waals surface area contributed by atoms with Crippen molar-refractivity contribution in [3.8, 4) is 0 Å². The van der Waals surface area contributed by atoms with Crippen molar-refractivity contribution in [1.82, 2.24) is 10.3 Å². The first kappa shape index (κ1) is 13.6. The van der Waals surface area contributed by atoms with Gasteiger partial charge in [-0.2, -0.15) is 0 Å². The second kappa shape index (κ2) is 5.97. The molecule has 0 radical (unpaired) electrons. The van der Waals surface area contributed by atoms with E-state index >= 15 is 0 Å². The summed E-state index contributed by atoms with van der Waals surface area (Å²) in [6.07, 6.45) is 8.41. The van der Waals surface area contributed by atoms with E-state index in [2.05, 4.69) is 10.3 Å². The van der Waals surface area contributed by atoms with Crippen LogP contribution < -0.4 is 11.3 Å². The highest BCUT2D eigenvalue weighted by molar-refractivity contribution is 5.92. The van der Waals surface area contributed by atoms with Crippen molar-refractivity contribution in [2.24, 2.45) is 17.7 Å². The van der Waals surface area contributed by atoms with E-state index in [-0.39, 0.29) is 5.91 Å². The number of nitrogens with two attached hydrogens (primary N) is 1. The lowest BCUT2D eigenvalue weighted by molar-refractivity contribution is 0.0806. The molecule has 2 unspecified atom stereocenters. The third kappa shape index (κ3) is 2.74. The molecule has 2 heterocycles. The number of rotatable bonds is 3. The van der Waals surface area contributed by atoms with Crippen molar-refractivity contribution < 1.29 is 9.21 Å². The molecular formula is C15H23N3O2. The molecule has 5 heteroatoms. The van der Waals surface area contributed by atoms with Gasteiger partial charge in [0.15, 0.2) is 5.76 Å². The summed E-state index contributed by atoms with van der Waals surface area (Å²) in [5.41, 5.74) is 3.07. The second-order valence-electron chi connectivity index (χ2n) is 6.08. The highest BCUT2D eigenvalue weighted by Crippen LogP contribution is 2.36. The van der Waals surface area contributed by atoms with Crippen LogP contribution in [0.3, 0.4) is 0 Å². The van der Waals surface area contributed by atoms with Crippen LogP contribution >= 0.6 is 0 Å². The Morgan fingerprint density at radius 1 is 1.35 bits per heavy atom. The Bertz CT molecular complexity index is 471. The summed E-state index contributed by atoms with van der Waals surface area (Å²) in [6.45, 7) is 3.05. The molecule has 1 amide bonds. The number of piperidine rings is 1. The zero-order chi connectivity index (χ0) is 13.9. The molecule has 0 aromatic carbocycles. The fraction of sp³-hybridized carbons (Fsp3) is 0.667. The Kier molecular flexibility index (Phi) is 4.08. The number of likely N-dealkylation sites (tertiary alicyclic amines) is 1. The predicted octanol–water partition coefficient (Wildman–Crippen LogP) is 1.90. The SMILES string of the molecule is NNC(=O)c1occc1CN1CCC2CCCCC2C1. The van der Waals surface area contributed by atoms with Gasteiger partial charge >= 0.3 is 5.91 Å². The summed E-state index contributed by atoms with van der Waals surface area (Å²) in [4.78, 5) is 14.1. The maximum atomic E-state index is 11.6. The van der Waals surface area contributed by atoms with E-state index in [0.29, 0.717) is 5.76 Å². The Morgan fingerprint density at radius 3 is 2.95 bits per heavy atom. The largest absolute Gasteiger partial charge is 0.459 e. The van der Waals surface area contributed by atoms with Crippen LogP contribution in [0.15, 0.2) is 16.7 Å². The van der Waals surface area contributed by atoms with Crippen LogP contribution in [0, 0.1) is 11.8 Å². The standard InChI is InChI=1S/C15H23N3O2/c16-17-15(19)14-13(6-8-20-14)10-18-7-5-11-3-1-2-4-12(11)9-18/h6,8,11-12H,1-5,7,9-10,16H2,(H,17,19). The highest BCUT2D eigenvalue weighted by Gasteiger charge is 2.31. The minimum atomic E-state index is -0.349.